The van der Waals surface area contributed by atoms with Gasteiger partial charge in [0.15, 0.2) is 6.61 Å². The molecule has 8 nitrogen and oxygen atoms in total. The van der Waals surface area contributed by atoms with E-state index in [-0.39, 0.29) is 35.2 Å². The Hall–Kier alpha value is -3.96. The fourth-order valence-corrected chi connectivity index (χ4v) is 2.40. The lowest BCUT2D eigenvalue weighted by atomic mass is 10.1. The van der Waals surface area contributed by atoms with Crippen LogP contribution in [-0.2, 0) is 6.54 Å². The number of nitrogens with two attached hydrogens (primary N) is 1. The molecule has 31 heavy (non-hydrogen) atoms. The second-order valence-electron chi connectivity index (χ2n) is 6.19. The van der Waals surface area contributed by atoms with Crippen molar-refractivity contribution in [1.82, 2.24) is 15.0 Å². The molecule has 1 aromatic carbocycles. The van der Waals surface area contributed by atoms with Crippen LogP contribution in [0.25, 0.3) is 0 Å². The van der Waals surface area contributed by atoms with E-state index in [4.69, 9.17) is 5.73 Å². The van der Waals surface area contributed by atoms with Crippen LogP contribution in [0.1, 0.15) is 16.1 Å². The largest absolute Gasteiger partial charge is 0.467 e. The lowest BCUT2D eigenvalue weighted by Gasteiger charge is -2.11. The Morgan fingerprint density at radius 1 is 1.13 bits per heavy atom. The van der Waals surface area contributed by atoms with Gasteiger partial charge in [-0.3, -0.25) is 4.79 Å². The van der Waals surface area contributed by atoms with Crippen molar-refractivity contribution in [3.05, 3.63) is 66.0 Å². The molecule has 0 saturated heterocycles. The SMILES string of the molecule is Nc1ncccc1NCc1cc(NC(=O)c2cnc(OCC(F)(F)F)cn2)ccc1F. The number of carbonyl (C=O) groups excluding carboxylic acids is 1. The van der Waals surface area contributed by atoms with Gasteiger partial charge in [0, 0.05) is 24.0 Å². The van der Waals surface area contributed by atoms with Gasteiger partial charge in [-0.15, -0.1) is 0 Å². The molecule has 0 fully saturated rings. The van der Waals surface area contributed by atoms with Crippen LogP contribution >= 0.6 is 0 Å². The summed E-state index contributed by atoms with van der Waals surface area (Å²) in [5.74, 6) is -1.30. The number of hydrogen-bond donors (Lipinski definition) is 3. The fraction of sp³-hybridized carbons (Fsp3) is 0.158. The van der Waals surface area contributed by atoms with Gasteiger partial charge in [0.2, 0.25) is 5.88 Å². The van der Waals surface area contributed by atoms with Gasteiger partial charge in [0.25, 0.3) is 5.91 Å². The third-order valence-electron chi connectivity index (χ3n) is 3.86. The molecule has 0 aliphatic rings. The van der Waals surface area contributed by atoms with Crippen molar-refractivity contribution in [3.8, 4) is 5.88 Å². The molecule has 0 radical (unpaired) electrons. The Bertz CT molecular complexity index is 1060. The molecular formula is C19H16F4N6O2. The van der Waals surface area contributed by atoms with Crippen LogP contribution < -0.4 is 21.1 Å². The fourth-order valence-electron chi connectivity index (χ4n) is 2.40. The number of aromatic nitrogens is 3. The highest BCUT2D eigenvalue weighted by molar-refractivity contribution is 6.02. The number of nitrogen functional groups attached to an aromatic ring is 1. The molecule has 0 unspecified atom stereocenters. The molecular weight excluding hydrogens is 420 g/mol. The molecule has 0 saturated carbocycles. The summed E-state index contributed by atoms with van der Waals surface area (Å²) in [6.45, 7) is -1.44. The quantitative estimate of drug-likeness (QED) is 0.486. The van der Waals surface area contributed by atoms with Gasteiger partial charge < -0.3 is 21.1 Å². The van der Waals surface area contributed by atoms with E-state index in [0.717, 1.165) is 12.4 Å². The smallest absolute Gasteiger partial charge is 0.422 e. The first-order chi connectivity index (χ1) is 14.7. The Balaban J connectivity index is 1.63. The monoisotopic (exact) mass is 436 g/mol. The second kappa shape index (κ2) is 9.24. The molecule has 0 bridgehead atoms. The van der Waals surface area contributed by atoms with E-state index in [9.17, 15) is 22.4 Å². The van der Waals surface area contributed by atoms with Crippen molar-refractivity contribution in [2.75, 3.05) is 23.0 Å². The Morgan fingerprint density at radius 3 is 2.61 bits per heavy atom. The number of nitrogens with zero attached hydrogens (tertiary/aromatic N) is 3. The summed E-state index contributed by atoms with van der Waals surface area (Å²) in [7, 11) is 0. The minimum atomic E-state index is -4.52. The molecule has 0 spiro atoms. The highest BCUT2D eigenvalue weighted by Crippen LogP contribution is 2.20. The van der Waals surface area contributed by atoms with Gasteiger partial charge >= 0.3 is 6.18 Å². The molecule has 0 aliphatic heterocycles. The average Bonchev–Trinajstić information content (AvgIpc) is 2.73. The summed E-state index contributed by atoms with van der Waals surface area (Å²) in [6, 6.07) is 7.31. The minimum absolute atomic E-state index is 0.0798. The molecule has 3 rings (SSSR count). The summed E-state index contributed by atoms with van der Waals surface area (Å²) >= 11 is 0. The molecule has 1 amide bonds. The predicted octanol–water partition coefficient (Wildman–Crippen LogP) is 3.40. The Labute approximate surface area is 173 Å². The highest BCUT2D eigenvalue weighted by atomic mass is 19.4. The van der Waals surface area contributed by atoms with E-state index in [0.29, 0.717) is 5.69 Å². The van der Waals surface area contributed by atoms with Crippen molar-refractivity contribution in [1.29, 1.82) is 0 Å². The minimum Gasteiger partial charge on any atom is -0.467 e. The topological polar surface area (TPSA) is 115 Å². The number of ether oxygens (including phenoxy) is 1. The number of pyridine rings is 1. The molecule has 3 aromatic rings. The van der Waals surface area contributed by atoms with E-state index in [1.807, 2.05) is 0 Å². The summed E-state index contributed by atoms with van der Waals surface area (Å²) in [6.07, 6.45) is -1.12. The first-order valence-corrected chi connectivity index (χ1v) is 8.77. The number of carbonyl (C=O) groups is 1. The van der Waals surface area contributed by atoms with Crippen molar-refractivity contribution >= 4 is 23.1 Å². The van der Waals surface area contributed by atoms with Crippen molar-refractivity contribution in [2.24, 2.45) is 0 Å². The van der Waals surface area contributed by atoms with Crippen molar-refractivity contribution < 1.29 is 27.1 Å². The van der Waals surface area contributed by atoms with Crippen molar-refractivity contribution in [2.45, 2.75) is 12.7 Å². The summed E-state index contributed by atoms with van der Waals surface area (Å²) < 4.78 is 55.0. The van der Waals surface area contributed by atoms with Crippen LogP contribution in [0.4, 0.5) is 34.8 Å². The maximum absolute atomic E-state index is 14.1. The number of rotatable bonds is 7. The van der Waals surface area contributed by atoms with Gasteiger partial charge in [-0.2, -0.15) is 13.2 Å². The number of alkyl halides is 3. The van der Waals surface area contributed by atoms with Gasteiger partial charge in [-0.1, -0.05) is 0 Å². The van der Waals surface area contributed by atoms with Crippen LogP contribution in [0.5, 0.6) is 5.88 Å². The number of hydrogen-bond acceptors (Lipinski definition) is 7. The third kappa shape index (κ3) is 6.26. The van der Waals surface area contributed by atoms with E-state index >= 15 is 0 Å². The van der Waals surface area contributed by atoms with Crippen LogP contribution in [-0.4, -0.2) is 33.6 Å². The zero-order valence-electron chi connectivity index (χ0n) is 15.8. The van der Waals surface area contributed by atoms with E-state index in [1.165, 1.54) is 24.4 Å². The van der Waals surface area contributed by atoms with Gasteiger partial charge in [0.05, 0.1) is 18.1 Å². The lowest BCUT2D eigenvalue weighted by Crippen LogP contribution is -2.20. The predicted molar refractivity (Wildman–Crippen MR) is 104 cm³/mol. The van der Waals surface area contributed by atoms with Gasteiger partial charge in [0.1, 0.15) is 17.3 Å². The number of benzene rings is 1. The Morgan fingerprint density at radius 2 is 1.94 bits per heavy atom. The highest BCUT2D eigenvalue weighted by Gasteiger charge is 2.28. The summed E-state index contributed by atoms with van der Waals surface area (Å²) in [5, 5.41) is 5.47. The molecule has 0 aliphatic carbocycles. The average molecular weight is 436 g/mol. The van der Waals surface area contributed by atoms with Gasteiger partial charge in [-0.25, -0.2) is 19.3 Å². The van der Waals surface area contributed by atoms with E-state index in [2.05, 4.69) is 30.3 Å². The normalized spacial score (nSPS) is 11.1. The molecule has 0 atom stereocenters. The summed E-state index contributed by atoms with van der Waals surface area (Å²) in [4.78, 5) is 23.6. The molecule has 4 N–H and O–H groups in total. The number of halogens is 4. The van der Waals surface area contributed by atoms with E-state index < -0.39 is 24.5 Å². The zero-order chi connectivity index (χ0) is 22.4. The number of anilines is 3. The molecule has 12 heteroatoms. The first kappa shape index (κ1) is 21.7. The number of nitrogens with one attached hydrogen (secondary N) is 2. The van der Waals surface area contributed by atoms with Crippen LogP contribution in [0.3, 0.4) is 0 Å². The third-order valence-corrected chi connectivity index (χ3v) is 3.86. The van der Waals surface area contributed by atoms with Crippen LogP contribution in [0.15, 0.2) is 48.9 Å². The van der Waals surface area contributed by atoms with Crippen molar-refractivity contribution in [3.63, 3.8) is 0 Å². The van der Waals surface area contributed by atoms with Crippen LogP contribution in [0, 0.1) is 5.82 Å². The lowest BCUT2D eigenvalue weighted by molar-refractivity contribution is -0.154. The van der Waals surface area contributed by atoms with Crippen LogP contribution in [0.2, 0.25) is 0 Å². The van der Waals surface area contributed by atoms with E-state index in [1.54, 1.807) is 12.1 Å². The maximum Gasteiger partial charge on any atom is 0.422 e. The van der Waals surface area contributed by atoms with Gasteiger partial charge in [-0.05, 0) is 30.3 Å². The maximum atomic E-state index is 14.1. The number of amides is 1. The standard InChI is InChI=1S/C19H16F4N6O2/c20-13-4-3-12(6-11(13)7-26-14-2-1-5-25-17(14)24)29-18(30)15-8-28-16(9-27-15)31-10-19(21,22)23/h1-6,8-9,26H,7,10H2,(H2,24,25)(H,29,30). The first-order valence-electron chi connectivity index (χ1n) is 8.77. The zero-order valence-corrected chi connectivity index (χ0v) is 15.8. The summed E-state index contributed by atoms with van der Waals surface area (Å²) in [5.41, 5.74) is 6.63. The Kier molecular flexibility index (Phi) is 6.48. The molecule has 162 valence electrons. The second-order valence-corrected chi connectivity index (χ2v) is 6.19. The molecule has 2 heterocycles. The molecule has 2 aromatic heterocycles.